The van der Waals surface area contributed by atoms with Crippen LogP contribution < -0.4 is 9.47 Å². The van der Waals surface area contributed by atoms with Crippen LogP contribution in [0.15, 0.2) is 0 Å². The monoisotopic (exact) mass is 246 g/mol. The Morgan fingerprint density at radius 3 is 1.94 bits per heavy atom. The first-order valence-electron chi connectivity index (χ1n) is 4.13. The number of carbonyl (C=O) groups is 2. The minimum atomic E-state index is -1.18. The highest BCUT2D eigenvalue weighted by atomic mass is 32.1. The minimum Gasteiger partial charge on any atom is -0.491 e. The smallest absolute Gasteiger partial charge is 0.352 e. The predicted octanol–water partition coefficient (Wildman–Crippen LogP) is 1.25. The first kappa shape index (κ1) is 12.3. The average Bonchev–Trinajstić information content (AvgIpc) is 2.66. The molecule has 1 aromatic heterocycles. The van der Waals surface area contributed by atoms with E-state index < -0.39 is 11.9 Å². The topological polar surface area (TPSA) is 82.1 Å². The van der Waals surface area contributed by atoms with Gasteiger partial charge in [0.1, 0.15) is 0 Å². The second-order valence-corrected chi connectivity index (χ2v) is 3.64. The second-order valence-electron chi connectivity index (χ2n) is 2.62. The van der Waals surface area contributed by atoms with Gasteiger partial charge >= 0.3 is 11.9 Å². The van der Waals surface area contributed by atoms with E-state index in [9.17, 15) is 9.59 Å². The lowest BCUT2D eigenvalue weighted by molar-refractivity contribution is 0.0601. The van der Waals surface area contributed by atoms with Gasteiger partial charge in [0.05, 0.1) is 21.3 Å². The predicted molar refractivity (Wildman–Crippen MR) is 55.7 cm³/mol. The molecule has 0 spiro atoms. The quantitative estimate of drug-likeness (QED) is 0.805. The second kappa shape index (κ2) is 4.84. The minimum absolute atomic E-state index is 0.0281. The first-order chi connectivity index (χ1) is 7.56. The maximum atomic E-state index is 11.4. The fraction of sp³-hybridized carbons (Fsp3) is 0.333. The highest BCUT2D eigenvalue weighted by Gasteiger charge is 2.28. The molecule has 1 aromatic rings. The Hall–Kier alpha value is -1.76. The SMILES string of the molecule is COC(=O)c1sc(C(=O)O)c(OC)c1OC. The van der Waals surface area contributed by atoms with E-state index in [-0.39, 0.29) is 21.3 Å². The first-order valence-corrected chi connectivity index (χ1v) is 4.94. The molecule has 0 aliphatic carbocycles. The number of hydrogen-bond donors (Lipinski definition) is 1. The van der Waals surface area contributed by atoms with Crippen molar-refractivity contribution in [3.63, 3.8) is 0 Å². The Morgan fingerprint density at radius 2 is 1.56 bits per heavy atom. The van der Waals surface area contributed by atoms with Gasteiger partial charge in [0.25, 0.3) is 0 Å². The number of carboxylic acids is 1. The largest absolute Gasteiger partial charge is 0.491 e. The number of esters is 1. The van der Waals surface area contributed by atoms with Crippen molar-refractivity contribution in [2.75, 3.05) is 21.3 Å². The van der Waals surface area contributed by atoms with Crippen molar-refractivity contribution in [3.05, 3.63) is 9.75 Å². The lowest BCUT2D eigenvalue weighted by Crippen LogP contribution is -2.00. The van der Waals surface area contributed by atoms with Gasteiger partial charge in [-0.15, -0.1) is 11.3 Å². The van der Waals surface area contributed by atoms with Gasteiger partial charge in [-0.25, -0.2) is 9.59 Å². The third kappa shape index (κ3) is 1.94. The van der Waals surface area contributed by atoms with Gasteiger partial charge in [-0.3, -0.25) is 0 Å². The van der Waals surface area contributed by atoms with E-state index in [1.54, 1.807) is 0 Å². The van der Waals surface area contributed by atoms with Crippen LogP contribution in [0.4, 0.5) is 0 Å². The Labute approximate surface area is 95.4 Å². The summed E-state index contributed by atoms with van der Waals surface area (Å²) in [6.07, 6.45) is 0. The molecule has 0 atom stereocenters. The molecule has 0 fully saturated rings. The van der Waals surface area contributed by atoms with Gasteiger partial charge in [0, 0.05) is 0 Å². The molecule has 0 saturated heterocycles. The van der Waals surface area contributed by atoms with Crippen molar-refractivity contribution in [1.29, 1.82) is 0 Å². The summed E-state index contributed by atoms with van der Waals surface area (Å²) in [5, 5.41) is 8.91. The van der Waals surface area contributed by atoms with E-state index in [0.717, 1.165) is 11.3 Å². The lowest BCUT2D eigenvalue weighted by Gasteiger charge is -2.03. The van der Waals surface area contributed by atoms with Crippen LogP contribution in [-0.2, 0) is 4.74 Å². The summed E-state index contributed by atoms with van der Waals surface area (Å²) in [5.41, 5.74) is 0. The third-order valence-corrected chi connectivity index (χ3v) is 2.92. The molecule has 0 bridgehead atoms. The van der Waals surface area contributed by atoms with Gasteiger partial charge in [-0.05, 0) is 0 Å². The summed E-state index contributed by atoms with van der Waals surface area (Å²) >= 11 is 0.752. The van der Waals surface area contributed by atoms with E-state index in [2.05, 4.69) is 4.74 Å². The van der Waals surface area contributed by atoms with Crippen LogP contribution in [0.2, 0.25) is 0 Å². The Bertz CT molecular complexity index is 422. The van der Waals surface area contributed by atoms with Crippen LogP contribution in [0.5, 0.6) is 11.5 Å². The zero-order chi connectivity index (χ0) is 12.3. The molecule has 16 heavy (non-hydrogen) atoms. The van der Waals surface area contributed by atoms with Crippen LogP contribution in [0.1, 0.15) is 19.3 Å². The van der Waals surface area contributed by atoms with Gasteiger partial charge in [0.15, 0.2) is 21.3 Å². The number of carbonyl (C=O) groups excluding carboxylic acids is 1. The van der Waals surface area contributed by atoms with Gasteiger partial charge in [-0.2, -0.15) is 0 Å². The molecule has 0 unspecified atom stereocenters. The Morgan fingerprint density at radius 1 is 1.06 bits per heavy atom. The van der Waals surface area contributed by atoms with Crippen molar-refractivity contribution in [1.82, 2.24) is 0 Å². The van der Waals surface area contributed by atoms with Crippen LogP contribution >= 0.6 is 11.3 Å². The summed E-state index contributed by atoms with van der Waals surface area (Å²) < 4.78 is 14.4. The van der Waals surface area contributed by atoms with E-state index >= 15 is 0 Å². The summed E-state index contributed by atoms with van der Waals surface area (Å²) in [5.74, 6) is -1.74. The Kier molecular flexibility index (Phi) is 3.73. The van der Waals surface area contributed by atoms with E-state index in [0.29, 0.717) is 0 Å². The number of ether oxygens (including phenoxy) is 3. The van der Waals surface area contributed by atoms with Crippen molar-refractivity contribution < 1.29 is 28.9 Å². The highest BCUT2D eigenvalue weighted by Crippen LogP contribution is 2.42. The fourth-order valence-electron chi connectivity index (χ4n) is 1.14. The molecule has 0 radical (unpaired) electrons. The molecule has 0 amide bonds. The molecule has 0 saturated carbocycles. The molecular formula is C9H10O6S. The fourth-order valence-corrected chi connectivity index (χ4v) is 2.14. The molecule has 1 N–H and O–H groups in total. The number of rotatable bonds is 4. The van der Waals surface area contributed by atoms with Crippen molar-refractivity contribution in [2.24, 2.45) is 0 Å². The number of hydrogen-bond acceptors (Lipinski definition) is 6. The van der Waals surface area contributed by atoms with Crippen molar-refractivity contribution in [2.45, 2.75) is 0 Å². The molecule has 0 aliphatic rings. The normalized spacial score (nSPS) is 9.69. The van der Waals surface area contributed by atoms with Gasteiger partial charge < -0.3 is 19.3 Å². The van der Waals surface area contributed by atoms with E-state index in [1.807, 2.05) is 0 Å². The number of aromatic carboxylic acids is 1. The molecule has 1 rings (SSSR count). The number of thiophene rings is 1. The Balaban J connectivity index is 3.40. The molecule has 0 aliphatic heterocycles. The van der Waals surface area contributed by atoms with E-state index in [4.69, 9.17) is 14.6 Å². The highest BCUT2D eigenvalue weighted by molar-refractivity contribution is 7.16. The van der Waals surface area contributed by atoms with Crippen LogP contribution in [-0.4, -0.2) is 38.4 Å². The van der Waals surface area contributed by atoms with Crippen LogP contribution in [0, 0.1) is 0 Å². The molecule has 1 heterocycles. The molecule has 88 valence electrons. The van der Waals surface area contributed by atoms with E-state index in [1.165, 1.54) is 21.3 Å². The molecule has 7 heteroatoms. The maximum absolute atomic E-state index is 11.4. The van der Waals surface area contributed by atoms with Crippen molar-refractivity contribution >= 4 is 23.3 Å². The van der Waals surface area contributed by atoms with Crippen LogP contribution in [0.25, 0.3) is 0 Å². The summed E-state index contributed by atoms with van der Waals surface area (Å²) in [7, 11) is 3.83. The lowest BCUT2D eigenvalue weighted by atomic mass is 10.3. The summed E-state index contributed by atoms with van der Waals surface area (Å²) in [6.45, 7) is 0. The number of methoxy groups -OCH3 is 3. The zero-order valence-corrected chi connectivity index (χ0v) is 9.71. The third-order valence-electron chi connectivity index (χ3n) is 1.80. The zero-order valence-electron chi connectivity index (χ0n) is 8.90. The molecule has 0 aromatic carbocycles. The summed E-state index contributed by atoms with van der Waals surface area (Å²) in [6, 6.07) is 0. The standard InChI is InChI=1S/C9H10O6S/c1-13-4-5(14-2)7(9(12)15-3)16-6(4)8(10)11/h1-3H3,(H,10,11). The van der Waals surface area contributed by atoms with Gasteiger partial charge in [-0.1, -0.05) is 0 Å². The van der Waals surface area contributed by atoms with Crippen LogP contribution in [0.3, 0.4) is 0 Å². The molecule has 6 nitrogen and oxygen atoms in total. The molecular weight excluding hydrogens is 236 g/mol. The summed E-state index contributed by atoms with van der Waals surface area (Å²) in [4.78, 5) is 22.2. The van der Waals surface area contributed by atoms with Crippen molar-refractivity contribution in [3.8, 4) is 11.5 Å². The number of carboxylic acid groups (broad SMARTS) is 1. The average molecular weight is 246 g/mol. The maximum Gasteiger partial charge on any atom is 0.352 e. The van der Waals surface area contributed by atoms with Gasteiger partial charge in [0.2, 0.25) is 0 Å².